The van der Waals surface area contributed by atoms with Crippen LogP contribution in [0.5, 0.6) is 0 Å². The van der Waals surface area contributed by atoms with Crippen LogP contribution < -0.4 is 5.32 Å². The smallest absolute Gasteiger partial charge is 0.460 e. The van der Waals surface area contributed by atoms with E-state index in [2.05, 4.69) is 4.74 Å². The Morgan fingerprint density at radius 3 is 1.06 bits per heavy atom. The maximum absolute atomic E-state index is 14.1. The number of unbranched alkanes of at least 4 members (excludes halogenated alkanes) is 1. The molecule has 0 aliphatic rings. The number of hydrogen-bond acceptors (Lipinski definition) is 4. The molecular weight excluding hydrogens is 975 g/mol. The van der Waals surface area contributed by atoms with Crippen LogP contribution in [0.25, 0.3) is 0 Å². The predicted molar refractivity (Wildman–Crippen MR) is 148 cm³/mol. The Hall–Kier alpha value is -4.08. The number of hydrogen-bond donors (Lipinski definition) is 3. The molecule has 0 heterocycles. The molecule has 1 unspecified atom stereocenters. The molecule has 0 aromatic carbocycles. The monoisotopic (exact) mass is 1000 g/mol. The molecule has 0 spiro atoms. The van der Waals surface area contributed by atoms with Crippen LogP contribution in [0, 0.1) is 5.92 Å². The van der Waals surface area contributed by atoms with Gasteiger partial charge in [0.1, 0.15) is 0 Å². The normalized spacial score (nSPS) is 15.2. The molecular formula is C27H26F27N3O6. The van der Waals surface area contributed by atoms with Crippen molar-refractivity contribution >= 4 is 18.3 Å². The van der Waals surface area contributed by atoms with Gasteiger partial charge in [0.15, 0.2) is 6.61 Å². The minimum absolute atomic E-state index is 0.803. The lowest BCUT2D eigenvalue weighted by atomic mass is 9.96. The molecule has 36 heteroatoms. The van der Waals surface area contributed by atoms with Gasteiger partial charge in [0.2, 0.25) is 0 Å². The topological polar surface area (TPSA) is 119 Å². The standard InChI is InChI=1S/C27H26F27N3O6/c28-16(29,19(34,35)22(40,41)25(46,47)48)9-56(14(59)60)6-2-1-4-12(8-55-13(58)63-11-18(32,33)21(38,39)24(44,45)27(52,53)54)5-3-7-57(15(61)62)10-17(30,31)20(36,37)23(42,43)26(49,50)51/h12H,1-11H2,(H,55,58)(H,59,60)(H,61,62). The maximum Gasteiger partial charge on any atom is 0.460 e. The summed E-state index contributed by atoms with van der Waals surface area (Å²) in [5.74, 6) is -65.7. The fourth-order valence-electron chi connectivity index (χ4n) is 4.57. The van der Waals surface area contributed by atoms with Crippen LogP contribution in [0.3, 0.4) is 0 Å². The number of ether oxygens (including phenoxy) is 1. The van der Waals surface area contributed by atoms with Gasteiger partial charge in [-0.25, -0.2) is 14.4 Å². The first-order chi connectivity index (χ1) is 27.5. The molecule has 0 bridgehead atoms. The van der Waals surface area contributed by atoms with Gasteiger partial charge in [0.05, 0.1) is 13.1 Å². The Kier molecular flexibility index (Phi) is 17.9. The Morgan fingerprint density at radius 2 is 0.746 bits per heavy atom. The molecule has 0 aliphatic heterocycles. The van der Waals surface area contributed by atoms with E-state index < -0.39 is 177 Å². The maximum atomic E-state index is 14.1. The molecule has 0 saturated heterocycles. The minimum atomic E-state index is -7.50. The Bertz CT molecular complexity index is 1550. The van der Waals surface area contributed by atoms with Crippen molar-refractivity contribution in [2.45, 2.75) is 104 Å². The summed E-state index contributed by atoms with van der Waals surface area (Å²) in [7, 11) is 0. The summed E-state index contributed by atoms with van der Waals surface area (Å²) in [6, 6.07) is 0. The zero-order valence-corrected chi connectivity index (χ0v) is 30.0. The molecule has 0 aliphatic carbocycles. The zero-order chi connectivity index (χ0) is 50.7. The molecule has 3 amide bonds. The molecule has 3 N–H and O–H groups in total. The van der Waals surface area contributed by atoms with Crippen LogP contribution in [0.2, 0.25) is 0 Å². The number of alkyl halides is 27. The van der Waals surface area contributed by atoms with E-state index in [4.69, 9.17) is 10.2 Å². The summed E-state index contributed by atoms with van der Waals surface area (Å²) in [4.78, 5) is 32.8. The first-order valence-electron chi connectivity index (χ1n) is 16.0. The first kappa shape index (κ1) is 58.9. The lowest BCUT2D eigenvalue weighted by Gasteiger charge is -2.35. The number of amides is 3. The van der Waals surface area contributed by atoms with Crippen LogP contribution in [0.15, 0.2) is 0 Å². The van der Waals surface area contributed by atoms with E-state index in [1.54, 1.807) is 0 Å². The van der Waals surface area contributed by atoms with Crippen molar-refractivity contribution in [3.05, 3.63) is 0 Å². The van der Waals surface area contributed by atoms with Crippen molar-refractivity contribution in [3.63, 3.8) is 0 Å². The third-order valence-corrected chi connectivity index (χ3v) is 8.20. The lowest BCUT2D eigenvalue weighted by Crippen LogP contribution is -2.64. The Balaban J connectivity index is 6.27. The number of nitrogens with zero attached hydrogens (tertiary/aromatic N) is 2. The third-order valence-electron chi connectivity index (χ3n) is 8.20. The molecule has 0 radical (unpaired) electrons. The van der Waals surface area contributed by atoms with Gasteiger partial charge < -0.3 is 30.1 Å². The molecule has 0 aromatic heterocycles. The Labute approximate surface area is 331 Å². The van der Waals surface area contributed by atoms with E-state index in [1.165, 1.54) is 5.32 Å². The number of carbonyl (C=O) groups excluding carboxylic acids is 1. The summed E-state index contributed by atoms with van der Waals surface area (Å²) in [6.45, 7) is -13.9. The van der Waals surface area contributed by atoms with Gasteiger partial charge in [-0.1, -0.05) is 6.42 Å². The molecule has 374 valence electrons. The van der Waals surface area contributed by atoms with Crippen molar-refractivity contribution in [2.24, 2.45) is 5.92 Å². The van der Waals surface area contributed by atoms with E-state index in [0.29, 0.717) is 0 Å². The highest BCUT2D eigenvalue weighted by Crippen LogP contribution is 2.55. The number of nitrogens with one attached hydrogen (secondary N) is 1. The van der Waals surface area contributed by atoms with E-state index >= 15 is 0 Å². The quantitative estimate of drug-likeness (QED) is 0.0693. The fourth-order valence-corrected chi connectivity index (χ4v) is 4.57. The molecule has 0 rings (SSSR count). The van der Waals surface area contributed by atoms with Crippen LogP contribution >= 0.6 is 0 Å². The van der Waals surface area contributed by atoms with Gasteiger partial charge in [-0.15, -0.1) is 0 Å². The summed E-state index contributed by atoms with van der Waals surface area (Å²) in [5.41, 5.74) is 0. The van der Waals surface area contributed by atoms with E-state index in [9.17, 15) is 133 Å². The van der Waals surface area contributed by atoms with Crippen LogP contribution in [-0.2, 0) is 4.74 Å². The van der Waals surface area contributed by atoms with Crippen molar-refractivity contribution in [3.8, 4) is 0 Å². The van der Waals surface area contributed by atoms with Crippen molar-refractivity contribution < 1.29 is 148 Å². The van der Waals surface area contributed by atoms with Crippen LogP contribution in [-0.4, -0.2) is 149 Å². The van der Waals surface area contributed by atoms with Gasteiger partial charge in [-0.05, 0) is 31.6 Å². The second-order valence-electron chi connectivity index (χ2n) is 12.9. The third kappa shape index (κ3) is 12.8. The van der Waals surface area contributed by atoms with Crippen molar-refractivity contribution in [1.29, 1.82) is 0 Å². The van der Waals surface area contributed by atoms with Crippen LogP contribution in [0.4, 0.5) is 133 Å². The van der Waals surface area contributed by atoms with Gasteiger partial charge in [-0.3, -0.25) is 0 Å². The number of carboxylic acid groups (broad SMARTS) is 2. The summed E-state index contributed by atoms with van der Waals surface area (Å²) >= 11 is 0. The minimum Gasteiger partial charge on any atom is -0.465 e. The molecule has 0 fully saturated rings. The average molecular weight is 1000 g/mol. The van der Waals surface area contributed by atoms with Crippen molar-refractivity contribution in [2.75, 3.05) is 39.3 Å². The molecule has 9 nitrogen and oxygen atoms in total. The summed E-state index contributed by atoms with van der Waals surface area (Å²) in [6.07, 6.45) is -34.5. The lowest BCUT2D eigenvalue weighted by molar-refractivity contribution is -0.398. The van der Waals surface area contributed by atoms with Gasteiger partial charge in [0, 0.05) is 19.6 Å². The van der Waals surface area contributed by atoms with E-state index in [0.717, 1.165) is 0 Å². The van der Waals surface area contributed by atoms with Gasteiger partial charge >= 0.3 is 90.1 Å². The predicted octanol–water partition coefficient (Wildman–Crippen LogP) is 10.6. The Morgan fingerprint density at radius 1 is 0.444 bits per heavy atom. The number of halogens is 27. The number of carbonyl (C=O) groups is 3. The van der Waals surface area contributed by atoms with Gasteiger partial charge in [0.25, 0.3) is 0 Å². The van der Waals surface area contributed by atoms with E-state index in [-0.39, 0.29) is 0 Å². The first-order valence-corrected chi connectivity index (χ1v) is 16.0. The average Bonchev–Trinajstić information content (AvgIpc) is 3.07. The second kappa shape index (κ2) is 19.2. The van der Waals surface area contributed by atoms with Crippen molar-refractivity contribution in [1.82, 2.24) is 15.1 Å². The second-order valence-corrected chi connectivity index (χ2v) is 12.9. The highest BCUT2D eigenvalue weighted by Gasteiger charge is 2.84. The summed E-state index contributed by atoms with van der Waals surface area (Å²) < 4.78 is 359. The molecule has 63 heavy (non-hydrogen) atoms. The number of alkyl carbamates (subject to hydrolysis) is 1. The van der Waals surface area contributed by atoms with E-state index in [1.807, 2.05) is 0 Å². The van der Waals surface area contributed by atoms with Crippen LogP contribution in [0.1, 0.15) is 32.1 Å². The highest BCUT2D eigenvalue weighted by molar-refractivity contribution is 5.67. The highest BCUT2D eigenvalue weighted by atomic mass is 19.4. The molecule has 0 aromatic rings. The molecule has 0 saturated carbocycles. The summed E-state index contributed by atoms with van der Waals surface area (Å²) in [5, 5.41) is 19.4. The SMILES string of the molecule is O=C(NCC(CCCCN(CC(F)(F)C(F)(F)C(F)(F)C(F)(F)F)C(=O)O)CCCN(CC(F)(F)C(F)(F)C(F)(F)C(F)(F)F)C(=O)O)OCC(F)(F)C(F)(F)C(F)(F)C(F)(F)F. The van der Waals surface area contributed by atoms with Gasteiger partial charge in [-0.2, -0.15) is 119 Å². The molecule has 1 atom stereocenters. The fraction of sp³-hybridized carbons (Fsp3) is 0.889. The largest absolute Gasteiger partial charge is 0.465 e. The number of rotatable bonds is 23. The zero-order valence-electron chi connectivity index (χ0n) is 30.0.